The number of H-pyrrole nitrogens is 1. The fraction of sp³-hybridized carbons (Fsp3) is 0.444. The number of carbonyl (C=O) groups is 2. The molecule has 3 aromatic rings. The molecule has 9 heteroatoms. The summed E-state index contributed by atoms with van der Waals surface area (Å²) in [5, 5.41) is 5.52. The SMILES string of the molecule is CCNC(=O)[C@@H](C)NC(=O)C(C)(COC)c1ccc2nc(C[C@H]3c4cc(F)ccc4OC3C)[nH]c2c1. The second-order valence-corrected chi connectivity index (χ2v) is 9.59. The number of methoxy groups -OCH3 is 1. The number of aromatic amines is 1. The molecule has 0 radical (unpaired) electrons. The van der Waals surface area contributed by atoms with Crippen molar-refractivity contribution in [3.8, 4) is 5.75 Å². The molecule has 2 unspecified atom stereocenters. The van der Waals surface area contributed by atoms with E-state index in [0.29, 0.717) is 18.7 Å². The zero-order valence-electron chi connectivity index (χ0n) is 21.3. The third-order valence-corrected chi connectivity index (χ3v) is 6.86. The van der Waals surface area contributed by atoms with E-state index < -0.39 is 11.5 Å². The number of aromatic nitrogens is 2. The normalized spacial score (nSPS) is 19.3. The van der Waals surface area contributed by atoms with Crippen molar-refractivity contribution in [3.63, 3.8) is 0 Å². The van der Waals surface area contributed by atoms with Crippen LogP contribution in [0, 0.1) is 5.82 Å². The van der Waals surface area contributed by atoms with Crippen molar-refractivity contribution in [2.24, 2.45) is 0 Å². The second-order valence-electron chi connectivity index (χ2n) is 9.59. The highest BCUT2D eigenvalue weighted by molar-refractivity contribution is 5.93. The van der Waals surface area contributed by atoms with Gasteiger partial charge in [0, 0.05) is 31.6 Å². The summed E-state index contributed by atoms with van der Waals surface area (Å²) in [4.78, 5) is 33.5. The van der Waals surface area contributed by atoms with Crippen molar-refractivity contribution < 1.29 is 23.5 Å². The molecule has 2 heterocycles. The van der Waals surface area contributed by atoms with Gasteiger partial charge in [-0.2, -0.15) is 0 Å². The summed E-state index contributed by atoms with van der Waals surface area (Å²) in [6.07, 6.45) is 0.452. The predicted octanol–water partition coefficient (Wildman–Crippen LogP) is 3.35. The van der Waals surface area contributed by atoms with E-state index in [2.05, 4.69) is 15.6 Å². The first-order valence-electron chi connectivity index (χ1n) is 12.2. The first-order chi connectivity index (χ1) is 17.2. The van der Waals surface area contributed by atoms with Crippen molar-refractivity contribution in [2.75, 3.05) is 20.3 Å². The van der Waals surface area contributed by atoms with Gasteiger partial charge in [0.2, 0.25) is 11.8 Å². The van der Waals surface area contributed by atoms with Gasteiger partial charge in [-0.05, 0) is 63.6 Å². The third-order valence-electron chi connectivity index (χ3n) is 6.86. The van der Waals surface area contributed by atoms with E-state index >= 15 is 0 Å². The molecule has 3 N–H and O–H groups in total. The molecule has 0 spiro atoms. The molecular weight excluding hydrogens is 463 g/mol. The average Bonchev–Trinajstić information content (AvgIpc) is 3.38. The Bertz CT molecular complexity index is 1280. The minimum absolute atomic E-state index is 0.0315. The van der Waals surface area contributed by atoms with Crippen LogP contribution >= 0.6 is 0 Å². The van der Waals surface area contributed by atoms with Gasteiger partial charge in [-0.1, -0.05) is 6.07 Å². The number of ether oxygens (including phenoxy) is 2. The lowest BCUT2D eigenvalue weighted by Crippen LogP contribution is -2.52. The maximum absolute atomic E-state index is 13.9. The maximum Gasteiger partial charge on any atom is 0.242 e. The smallest absolute Gasteiger partial charge is 0.242 e. The van der Waals surface area contributed by atoms with Crippen LogP contribution in [-0.4, -0.2) is 54.2 Å². The summed E-state index contributed by atoms with van der Waals surface area (Å²) in [5.74, 6) is 0.584. The van der Waals surface area contributed by atoms with Gasteiger partial charge in [-0.15, -0.1) is 0 Å². The van der Waals surface area contributed by atoms with Crippen molar-refractivity contribution in [2.45, 2.75) is 57.6 Å². The van der Waals surface area contributed by atoms with E-state index in [-0.39, 0.29) is 36.3 Å². The van der Waals surface area contributed by atoms with Gasteiger partial charge in [0.1, 0.15) is 29.5 Å². The van der Waals surface area contributed by atoms with Gasteiger partial charge in [-0.3, -0.25) is 9.59 Å². The van der Waals surface area contributed by atoms with Crippen LogP contribution in [-0.2, 0) is 26.2 Å². The largest absolute Gasteiger partial charge is 0.490 e. The molecule has 0 saturated heterocycles. The summed E-state index contributed by atoms with van der Waals surface area (Å²) in [7, 11) is 1.54. The molecule has 1 aliphatic rings. The van der Waals surface area contributed by atoms with E-state index in [1.807, 2.05) is 32.0 Å². The number of nitrogens with zero attached hydrogens (tertiary/aromatic N) is 1. The molecule has 1 aliphatic heterocycles. The van der Waals surface area contributed by atoms with Gasteiger partial charge in [-0.25, -0.2) is 9.37 Å². The number of hydrogen-bond donors (Lipinski definition) is 3. The Balaban J connectivity index is 1.59. The van der Waals surface area contributed by atoms with Crippen LogP contribution in [0.5, 0.6) is 5.75 Å². The molecule has 2 amide bonds. The lowest BCUT2D eigenvalue weighted by atomic mass is 9.81. The first kappa shape index (κ1) is 25.6. The summed E-state index contributed by atoms with van der Waals surface area (Å²) in [6.45, 7) is 7.86. The number of benzene rings is 2. The Kier molecular flexibility index (Phi) is 7.31. The Labute approximate surface area is 210 Å². The van der Waals surface area contributed by atoms with Crippen LogP contribution in [0.15, 0.2) is 36.4 Å². The fourth-order valence-electron chi connectivity index (χ4n) is 4.76. The number of amides is 2. The molecule has 4 rings (SSSR count). The highest BCUT2D eigenvalue weighted by atomic mass is 19.1. The van der Waals surface area contributed by atoms with Crippen LogP contribution < -0.4 is 15.4 Å². The number of halogens is 1. The number of carbonyl (C=O) groups excluding carboxylic acids is 2. The lowest BCUT2D eigenvalue weighted by Gasteiger charge is -2.29. The van der Waals surface area contributed by atoms with Crippen molar-refractivity contribution in [1.29, 1.82) is 0 Å². The molecule has 0 saturated carbocycles. The fourth-order valence-corrected chi connectivity index (χ4v) is 4.76. The standard InChI is InChI=1S/C27H33FN4O4/c1-6-29-25(33)15(2)30-26(34)27(4,14-35-5)17-7-9-21-22(11-17)32-24(31-21)13-19-16(3)36-23-10-8-18(28)12-20(19)23/h7-12,15-16,19H,6,13-14H2,1-5H3,(H,29,33)(H,30,34)(H,31,32)/t15-,16?,19-,27?/m1/s1. The Morgan fingerprint density at radius 2 is 2.06 bits per heavy atom. The van der Waals surface area contributed by atoms with Gasteiger partial charge >= 0.3 is 0 Å². The van der Waals surface area contributed by atoms with Gasteiger partial charge in [0.05, 0.1) is 23.1 Å². The Morgan fingerprint density at radius 3 is 2.78 bits per heavy atom. The number of imidazole rings is 1. The monoisotopic (exact) mass is 496 g/mol. The molecular formula is C27H33FN4O4. The zero-order chi connectivity index (χ0) is 26.0. The molecule has 0 fully saturated rings. The number of rotatable bonds is 9. The summed E-state index contributed by atoms with van der Waals surface area (Å²) >= 11 is 0. The molecule has 0 aliphatic carbocycles. The molecule has 4 atom stereocenters. The Morgan fingerprint density at radius 1 is 1.28 bits per heavy atom. The van der Waals surface area contributed by atoms with Gasteiger partial charge in [0.15, 0.2) is 0 Å². The van der Waals surface area contributed by atoms with Crippen LogP contribution in [0.3, 0.4) is 0 Å². The summed E-state index contributed by atoms with van der Waals surface area (Å²) < 4.78 is 25.2. The summed E-state index contributed by atoms with van der Waals surface area (Å²) in [6, 6.07) is 9.53. The van der Waals surface area contributed by atoms with Crippen molar-refractivity contribution >= 4 is 22.8 Å². The lowest BCUT2D eigenvalue weighted by molar-refractivity contribution is -0.132. The van der Waals surface area contributed by atoms with Crippen molar-refractivity contribution in [3.05, 3.63) is 59.2 Å². The molecule has 0 bridgehead atoms. The van der Waals surface area contributed by atoms with Gasteiger partial charge in [0.25, 0.3) is 0 Å². The molecule has 36 heavy (non-hydrogen) atoms. The molecule has 2 aromatic carbocycles. The molecule has 192 valence electrons. The second kappa shape index (κ2) is 10.3. The average molecular weight is 497 g/mol. The minimum atomic E-state index is -1.03. The maximum atomic E-state index is 13.9. The predicted molar refractivity (Wildman–Crippen MR) is 135 cm³/mol. The van der Waals surface area contributed by atoms with E-state index in [0.717, 1.165) is 28.0 Å². The highest BCUT2D eigenvalue weighted by Gasteiger charge is 2.37. The van der Waals surface area contributed by atoms with Crippen LogP contribution in [0.2, 0.25) is 0 Å². The minimum Gasteiger partial charge on any atom is -0.490 e. The number of hydrogen-bond acceptors (Lipinski definition) is 5. The van der Waals surface area contributed by atoms with E-state index in [1.54, 1.807) is 19.9 Å². The third kappa shape index (κ3) is 4.93. The quantitative estimate of drug-likeness (QED) is 0.421. The number of nitrogens with one attached hydrogen (secondary N) is 3. The number of fused-ring (bicyclic) bond motifs is 2. The number of likely N-dealkylation sites (N-methyl/N-ethyl adjacent to an activating group) is 1. The van der Waals surface area contributed by atoms with E-state index in [1.165, 1.54) is 19.2 Å². The van der Waals surface area contributed by atoms with Crippen LogP contribution in [0.1, 0.15) is 50.6 Å². The zero-order valence-corrected chi connectivity index (χ0v) is 21.3. The van der Waals surface area contributed by atoms with Crippen LogP contribution in [0.25, 0.3) is 11.0 Å². The Hall–Kier alpha value is -3.46. The summed E-state index contributed by atoms with van der Waals surface area (Å²) in [5.41, 5.74) is 2.09. The van der Waals surface area contributed by atoms with E-state index in [4.69, 9.17) is 14.5 Å². The topological polar surface area (TPSA) is 105 Å². The molecule has 1 aromatic heterocycles. The first-order valence-corrected chi connectivity index (χ1v) is 12.2. The van der Waals surface area contributed by atoms with Crippen molar-refractivity contribution in [1.82, 2.24) is 20.6 Å². The van der Waals surface area contributed by atoms with Gasteiger partial charge < -0.3 is 25.1 Å². The van der Waals surface area contributed by atoms with E-state index in [9.17, 15) is 14.0 Å². The molecule has 8 nitrogen and oxygen atoms in total. The highest BCUT2D eigenvalue weighted by Crippen LogP contribution is 2.40. The van der Waals surface area contributed by atoms with Crippen LogP contribution in [0.4, 0.5) is 4.39 Å².